The summed E-state index contributed by atoms with van der Waals surface area (Å²) in [6, 6.07) is 6.26. The first-order chi connectivity index (χ1) is 9.08. The van der Waals surface area contributed by atoms with E-state index in [2.05, 4.69) is 58.8 Å². The number of benzene rings is 1. The average Bonchev–Trinajstić information content (AvgIpc) is 2.76. The second-order valence-electron chi connectivity index (χ2n) is 4.81. The summed E-state index contributed by atoms with van der Waals surface area (Å²) < 4.78 is 3.03. The molecule has 0 spiro atoms. The fourth-order valence-corrected chi connectivity index (χ4v) is 2.55. The summed E-state index contributed by atoms with van der Waals surface area (Å²) in [7, 11) is 0. The van der Waals surface area contributed by atoms with Gasteiger partial charge in [0, 0.05) is 6.20 Å². The molecular weight excluding hydrogens is 302 g/mol. The Morgan fingerprint density at radius 3 is 2.53 bits per heavy atom. The third-order valence-corrected chi connectivity index (χ3v) is 4.43. The molecular formula is C15H14BrN3. The van der Waals surface area contributed by atoms with Crippen molar-refractivity contribution in [2.75, 3.05) is 0 Å². The number of pyridine rings is 1. The standard InChI is InChI=1S/C15H14BrN3/c1-9-4-5-17-15(14(9)16)19-8-18-12-6-10(2)11(3)7-13(12)19/h4-8H,1-3H3. The number of aromatic nitrogens is 3. The van der Waals surface area contributed by atoms with Crippen LogP contribution in [0.3, 0.4) is 0 Å². The van der Waals surface area contributed by atoms with E-state index in [9.17, 15) is 0 Å². The summed E-state index contributed by atoms with van der Waals surface area (Å²) >= 11 is 3.61. The number of fused-ring (bicyclic) bond motifs is 1. The van der Waals surface area contributed by atoms with E-state index in [0.717, 1.165) is 26.9 Å². The molecule has 1 aromatic carbocycles. The molecule has 0 N–H and O–H groups in total. The summed E-state index contributed by atoms with van der Waals surface area (Å²) in [5.74, 6) is 0.880. The lowest BCUT2D eigenvalue weighted by molar-refractivity contribution is 1.00. The summed E-state index contributed by atoms with van der Waals surface area (Å²) in [4.78, 5) is 8.93. The molecule has 96 valence electrons. The van der Waals surface area contributed by atoms with Crippen molar-refractivity contribution in [2.45, 2.75) is 20.8 Å². The van der Waals surface area contributed by atoms with Crippen LogP contribution in [0.15, 0.2) is 35.2 Å². The molecule has 0 aliphatic carbocycles. The van der Waals surface area contributed by atoms with Gasteiger partial charge < -0.3 is 0 Å². The number of imidazole rings is 1. The molecule has 3 aromatic rings. The number of rotatable bonds is 1. The Hall–Kier alpha value is -1.68. The highest BCUT2D eigenvalue weighted by atomic mass is 79.9. The Bertz CT molecular complexity index is 774. The second kappa shape index (κ2) is 4.46. The third-order valence-electron chi connectivity index (χ3n) is 3.45. The number of nitrogens with zero attached hydrogens (tertiary/aromatic N) is 3. The maximum absolute atomic E-state index is 4.47. The first-order valence-electron chi connectivity index (χ1n) is 6.13. The average molecular weight is 316 g/mol. The van der Waals surface area contributed by atoms with Crippen molar-refractivity contribution in [3.63, 3.8) is 0 Å². The molecule has 4 heteroatoms. The molecule has 0 fully saturated rings. The topological polar surface area (TPSA) is 30.7 Å². The van der Waals surface area contributed by atoms with Gasteiger partial charge in [0.25, 0.3) is 0 Å². The van der Waals surface area contributed by atoms with Crippen LogP contribution < -0.4 is 0 Å². The maximum Gasteiger partial charge on any atom is 0.152 e. The Morgan fingerprint density at radius 2 is 1.74 bits per heavy atom. The molecule has 0 aliphatic heterocycles. The van der Waals surface area contributed by atoms with Crippen molar-refractivity contribution in [1.29, 1.82) is 0 Å². The Balaban J connectivity index is 2.31. The fourth-order valence-electron chi connectivity index (χ4n) is 2.13. The summed E-state index contributed by atoms with van der Waals surface area (Å²) in [6.07, 6.45) is 3.65. The summed E-state index contributed by atoms with van der Waals surface area (Å²) in [5.41, 5.74) is 5.77. The quantitative estimate of drug-likeness (QED) is 0.676. The molecule has 0 amide bonds. The normalized spacial score (nSPS) is 11.2. The van der Waals surface area contributed by atoms with Crippen LogP contribution in [-0.2, 0) is 0 Å². The lowest BCUT2D eigenvalue weighted by atomic mass is 10.1. The molecule has 0 atom stereocenters. The van der Waals surface area contributed by atoms with Gasteiger partial charge in [-0.3, -0.25) is 4.57 Å². The summed E-state index contributed by atoms with van der Waals surface area (Å²) in [6.45, 7) is 6.28. The number of halogens is 1. The van der Waals surface area contributed by atoms with E-state index in [1.807, 2.05) is 23.2 Å². The Morgan fingerprint density at radius 1 is 1.00 bits per heavy atom. The number of aryl methyl sites for hydroxylation is 3. The van der Waals surface area contributed by atoms with Gasteiger partial charge in [-0.1, -0.05) is 0 Å². The molecule has 3 rings (SSSR count). The van der Waals surface area contributed by atoms with Gasteiger partial charge in [0.1, 0.15) is 6.33 Å². The van der Waals surface area contributed by atoms with Gasteiger partial charge in [-0.25, -0.2) is 9.97 Å². The fraction of sp³-hybridized carbons (Fsp3) is 0.200. The molecule has 19 heavy (non-hydrogen) atoms. The highest BCUT2D eigenvalue weighted by molar-refractivity contribution is 9.10. The van der Waals surface area contributed by atoms with E-state index in [0.29, 0.717) is 0 Å². The molecule has 2 aromatic heterocycles. The molecule has 0 aliphatic rings. The van der Waals surface area contributed by atoms with Crippen molar-refractivity contribution in [3.05, 3.63) is 51.9 Å². The first-order valence-corrected chi connectivity index (χ1v) is 6.93. The van der Waals surface area contributed by atoms with E-state index < -0.39 is 0 Å². The van der Waals surface area contributed by atoms with Crippen molar-refractivity contribution < 1.29 is 0 Å². The van der Waals surface area contributed by atoms with Crippen LogP contribution in [0.1, 0.15) is 16.7 Å². The molecule has 0 unspecified atom stereocenters. The smallest absolute Gasteiger partial charge is 0.152 e. The second-order valence-corrected chi connectivity index (χ2v) is 5.60. The molecule has 0 saturated carbocycles. The molecule has 2 heterocycles. The number of hydrogen-bond acceptors (Lipinski definition) is 2. The van der Waals surface area contributed by atoms with Crippen LogP contribution in [-0.4, -0.2) is 14.5 Å². The molecule has 3 nitrogen and oxygen atoms in total. The highest BCUT2D eigenvalue weighted by Crippen LogP contribution is 2.26. The highest BCUT2D eigenvalue weighted by Gasteiger charge is 2.11. The van der Waals surface area contributed by atoms with Gasteiger partial charge in [0.2, 0.25) is 0 Å². The predicted molar refractivity (Wildman–Crippen MR) is 80.8 cm³/mol. The minimum absolute atomic E-state index is 0.880. The zero-order valence-electron chi connectivity index (χ0n) is 11.1. The zero-order valence-corrected chi connectivity index (χ0v) is 12.7. The van der Waals surface area contributed by atoms with E-state index >= 15 is 0 Å². The van der Waals surface area contributed by atoms with Crippen molar-refractivity contribution in [2.24, 2.45) is 0 Å². The van der Waals surface area contributed by atoms with Crippen LogP contribution in [0, 0.1) is 20.8 Å². The maximum atomic E-state index is 4.47. The molecule has 0 bridgehead atoms. The van der Waals surface area contributed by atoms with Gasteiger partial charge in [-0.2, -0.15) is 0 Å². The van der Waals surface area contributed by atoms with E-state index in [4.69, 9.17) is 0 Å². The predicted octanol–water partition coefficient (Wildman–Crippen LogP) is 4.11. The van der Waals surface area contributed by atoms with Crippen LogP contribution in [0.4, 0.5) is 0 Å². The van der Waals surface area contributed by atoms with Crippen molar-refractivity contribution >= 4 is 27.0 Å². The Kier molecular flexibility index (Phi) is 2.90. The van der Waals surface area contributed by atoms with E-state index in [1.54, 1.807) is 0 Å². The summed E-state index contributed by atoms with van der Waals surface area (Å²) in [5, 5.41) is 0. The largest absolute Gasteiger partial charge is 0.282 e. The van der Waals surface area contributed by atoms with Gasteiger partial charge in [-0.05, 0) is 71.6 Å². The van der Waals surface area contributed by atoms with Crippen LogP contribution in [0.2, 0.25) is 0 Å². The minimum Gasteiger partial charge on any atom is -0.282 e. The van der Waals surface area contributed by atoms with Gasteiger partial charge in [0.15, 0.2) is 5.82 Å². The van der Waals surface area contributed by atoms with Crippen molar-refractivity contribution in [1.82, 2.24) is 14.5 Å². The Labute approximate surface area is 120 Å². The van der Waals surface area contributed by atoms with Crippen molar-refractivity contribution in [3.8, 4) is 5.82 Å². The SMILES string of the molecule is Cc1cc2ncn(-c3nccc(C)c3Br)c2cc1C. The van der Waals surface area contributed by atoms with Crippen LogP contribution in [0.5, 0.6) is 0 Å². The molecule has 0 radical (unpaired) electrons. The van der Waals surface area contributed by atoms with Gasteiger partial charge >= 0.3 is 0 Å². The lowest BCUT2D eigenvalue weighted by Crippen LogP contribution is -1.98. The zero-order chi connectivity index (χ0) is 13.6. The number of hydrogen-bond donors (Lipinski definition) is 0. The molecule has 0 saturated heterocycles. The van der Waals surface area contributed by atoms with Gasteiger partial charge in [0.05, 0.1) is 15.5 Å². The van der Waals surface area contributed by atoms with Crippen LogP contribution >= 0.6 is 15.9 Å². The minimum atomic E-state index is 0.880. The lowest BCUT2D eigenvalue weighted by Gasteiger charge is -2.08. The third kappa shape index (κ3) is 1.96. The van der Waals surface area contributed by atoms with E-state index in [-0.39, 0.29) is 0 Å². The monoisotopic (exact) mass is 315 g/mol. The van der Waals surface area contributed by atoms with Crippen LogP contribution in [0.25, 0.3) is 16.9 Å². The first kappa shape index (κ1) is 12.4. The van der Waals surface area contributed by atoms with Gasteiger partial charge in [-0.15, -0.1) is 0 Å². The van der Waals surface area contributed by atoms with E-state index in [1.165, 1.54) is 11.1 Å².